The predicted octanol–water partition coefficient (Wildman–Crippen LogP) is 1.78. The van der Waals surface area contributed by atoms with Crippen molar-refractivity contribution in [1.82, 2.24) is 0 Å². The number of ether oxygens (including phenoxy) is 6. The summed E-state index contributed by atoms with van der Waals surface area (Å²) in [6.07, 6.45) is -2.11. The van der Waals surface area contributed by atoms with Gasteiger partial charge in [-0.3, -0.25) is 0 Å². The SMILES string of the molecule is CO[C@H]1O[C@@H](COc2ccc(B3OC(C)(C)C(C)(C)O3)cc2)[C@H](OC)[C@H](OC)[C@@H]1OC. The van der Waals surface area contributed by atoms with Crippen LogP contribution >= 0.6 is 0 Å². The van der Waals surface area contributed by atoms with Crippen molar-refractivity contribution in [1.29, 1.82) is 0 Å². The van der Waals surface area contributed by atoms with Crippen molar-refractivity contribution in [3.8, 4) is 5.75 Å². The van der Waals surface area contributed by atoms with E-state index in [0.29, 0.717) is 5.75 Å². The molecule has 9 heteroatoms. The first-order valence-corrected chi connectivity index (χ1v) is 10.5. The average molecular weight is 438 g/mol. The molecule has 5 atom stereocenters. The average Bonchev–Trinajstić information content (AvgIpc) is 2.97. The van der Waals surface area contributed by atoms with Gasteiger partial charge in [-0.15, -0.1) is 0 Å². The van der Waals surface area contributed by atoms with Gasteiger partial charge in [0.05, 0.1) is 11.2 Å². The van der Waals surface area contributed by atoms with Gasteiger partial charge in [0.1, 0.15) is 36.8 Å². The monoisotopic (exact) mass is 438 g/mol. The highest BCUT2D eigenvalue weighted by atomic mass is 16.7. The Morgan fingerprint density at radius 1 is 0.774 bits per heavy atom. The van der Waals surface area contributed by atoms with Crippen LogP contribution in [0.25, 0.3) is 0 Å². The van der Waals surface area contributed by atoms with Crippen molar-refractivity contribution in [3.05, 3.63) is 24.3 Å². The van der Waals surface area contributed by atoms with Crippen LogP contribution in [0.4, 0.5) is 0 Å². The molecule has 0 amide bonds. The van der Waals surface area contributed by atoms with E-state index in [1.807, 2.05) is 52.0 Å². The van der Waals surface area contributed by atoms with Gasteiger partial charge < -0.3 is 37.7 Å². The third-order valence-electron chi connectivity index (χ3n) is 6.46. The Bertz CT molecular complexity index is 694. The first-order valence-electron chi connectivity index (χ1n) is 10.5. The van der Waals surface area contributed by atoms with Crippen LogP contribution < -0.4 is 10.2 Å². The second-order valence-corrected chi connectivity index (χ2v) is 8.85. The molecule has 2 saturated heterocycles. The van der Waals surface area contributed by atoms with E-state index in [0.717, 1.165) is 5.46 Å². The van der Waals surface area contributed by atoms with Crippen molar-refractivity contribution < 1.29 is 37.7 Å². The van der Waals surface area contributed by atoms with Crippen LogP contribution in [0.2, 0.25) is 0 Å². The zero-order valence-electron chi connectivity index (χ0n) is 19.7. The molecule has 0 N–H and O–H groups in total. The minimum Gasteiger partial charge on any atom is -0.491 e. The molecule has 0 aliphatic carbocycles. The zero-order valence-corrected chi connectivity index (χ0v) is 19.7. The van der Waals surface area contributed by atoms with E-state index in [1.165, 1.54) is 0 Å². The number of benzene rings is 1. The van der Waals surface area contributed by atoms with Crippen LogP contribution in [0.1, 0.15) is 27.7 Å². The van der Waals surface area contributed by atoms with E-state index in [9.17, 15) is 0 Å². The highest BCUT2D eigenvalue weighted by molar-refractivity contribution is 6.62. The molecule has 2 aliphatic rings. The maximum Gasteiger partial charge on any atom is 0.494 e. The minimum absolute atomic E-state index is 0.268. The number of rotatable bonds is 8. The standard InChI is InChI=1S/C22H35BO8/c1-21(2)22(3,4)31-23(30-21)14-9-11-15(12-10-14)28-13-16-17(24-5)18(25-6)19(26-7)20(27-8)29-16/h9-12,16-20H,13H2,1-8H3/t16-,17-,18-,19-,20-/m0/s1. The van der Waals surface area contributed by atoms with E-state index < -0.39 is 25.6 Å². The lowest BCUT2D eigenvalue weighted by atomic mass is 9.79. The summed E-state index contributed by atoms with van der Waals surface area (Å²) in [5.41, 5.74) is 0.184. The zero-order chi connectivity index (χ0) is 22.8. The van der Waals surface area contributed by atoms with Crippen molar-refractivity contribution in [3.63, 3.8) is 0 Å². The first kappa shape index (κ1) is 24.4. The van der Waals surface area contributed by atoms with Crippen molar-refractivity contribution in [2.24, 2.45) is 0 Å². The largest absolute Gasteiger partial charge is 0.494 e. The Morgan fingerprint density at radius 3 is 1.81 bits per heavy atom. The highest BCUT2D eigenvalue weighted by Crippen LogP contribution is 2.36. The molecule has 8 nitrogen and oxygen atoms in total. The van der Waals surface area contributed by atoms with Crippen LogP contribution in [0.5, 0.6) is 5.75 Å². The molecule has 0 spiro atoms. The molecule has 0 radical (unpaired) electrons. The van der Waals surface area contributed by atoms with E-state index in [4.69, 9.17) is 37.7 Å². The van der Waals surface area contributed by atoms with Crippen molar-refractivity contribution in [2.45, 2.75) is 69.6 Å². The molecule has 174 valence electrons. The lowest BCUT2D eigenvalue weighted by Gasteiger charge is -2.44. The van der Waals surface area contributed by atoms with Gasteiger partial charge in [0.2, 0.25) is 0 Å². The van der Waals surface area contributed by atoms with Crippen LogP contribution in [0.15, 0.2) is 24.3 Å². The lowest BCUT2D eigenvalue weighted by molar-refractivity contribution is -0.305. The van der Waals surface area contributed by atoms with Gasteiger partial charge in [0, 0.05) is 28.4 Å². The van der Waals surface area contributed by atoms with Crippen LogP contribution in [-0.2, 0) is 33.0 Å². The normalized spacial score (nSPS) is 32.3. The smallest absolute Gasteiger partial charge is 0.491 e. The van der Waals surface area contributed by atoms with E-state index in [2.05, 4.69) is 0 Å². The molecule has 2 heterocycles. The summed E-state index contributed by atoms with van der Waals surface area (Å²) in [5.74, 6) is 0.704. The van der Waals surface area contributed by atoms with Gasteiger partial charge in [-0.1, -0.05) is 12.1 Å². The number of hydrogen-bond donors (Lipinski definition) is 0. The third-order valence-corrected chi connectivity index (χ3v) is 6.46. The Morgan fingerprint density at radius 2 is 1.32 bits per heavy atom. The summed E-state index contributed by atoms with van der Waals surface area (Å²) in [4.78, 5) is 0. The second kappa shape index (κ2) is 9.74. The maximum atomic E-state index is 6.10. The Hall–Kier alpha value is -1.20. The summed E-state index contributed by atoms with van der Waals surface area (Å²) in [6, 6.07) is 7.68. The van der Waals surface area contributed by atoms with Crippen molar-refractivity contribution >= 4 is 12.6 Å². The fourth-order valence-corrected chi connectivity index (χ4v) is 3.88. The molecule has 0 unspecified atom stereocenters. The quantitative estimate of drug-likeness (QED) is 0.569. The molecule has 31 heavy (non-hydrogen) atoms. The predicted molar refractivity (Wildman–Crippen MR) is 116 cm³/mol. The molecule has 3 rings (SSSR count). The minimum atomic E-state index is -0.583. The molecular formula is C22H35BO8. The summed E-state index contributed by atoms with van der Waals surface area (Å²) < 4.78 is 46.5. The summed E-state index contributed by atoms with van der Waals surface area (Å²) in [5, 5.41) is 0. The fraction of sp³-hybridized carbons (Fsp3) is 0.727. The van der Waals surface area contributed by atoms with Gasteiger partial charge in [-0.25, -0.2) is 0 Å². The van der Waals surface area contributed by atoms with E-state index in [1.54, 1.807) is 28.4 Å². The summed E-state index contributed by atoms with van der Waals surface area (Å²) >= 11 is 0. The van der Waals surface area contributed by atoms with Gasteiger partial charge in [-0.05, 0) is 45.3 Å². The van der Waals surface area contributed by atoms with Crippen LogP contribution in [0.3, 0.4) is 0 Å². The van der Waals surface area contributed by atoms with Gasteiger partial charge >= 0.3 is 7.12 Å². The van der Waals surface area contributed by atoms with Crippen molar-refractivity contribution in [2.75, 3.05) is 35.0 Å². The number of hydrogen-bond acceptors (Lipinski definition) is 8. The molecule has 0 bridgehead atoms. The van der Waals surface area contributed by atoms with Gasteiger partial charge in [-0.2, -0.15) is 0 Å². The summed E-state index contributed by atoms with van der Waals surface area (Å²) in [6.45, 7) is 8.42. The molecule has 0 aromatic heterocycles. The maximum absolute atomic E-state index is 6.10. The summed E-state index contributed by atoms with van der Waals surface area (Å²) in [7, 11) is 5.99. The third kappa shape index (κ3) is 4.93. The Balaban J connectivity index is 1.64. The lowest BCUT2D eigenvalue weighted by Crippen LogP contribution is -2.61. The molecule has 1 aromatic rings. The van der Waals surface area contributed by atoms with Gasteiger partial charge in [0.15, 0.2) is 6.29 Å². The Kier molecular flexibility index (Phi) is 7.68. The second-order valence-electron chi connectivity index (χ2n) is 8.85. The van der Waals surface area contributed by atoms with Crippen LogP contribution in [-0.4, -0.2) is 84.1 Å². The van der Waals surface area contributed by atoms with Crippen LogP contribution in [0, 0.1) is 0 Å². The van der Waals surface area contributed by atoms with E-state index in [-0.39, 0.29) is 30.0 Å². The highest BCUT2D eigenvalue weighted by Gasteiger charge is 2.51. The molecule has 0 saturated carbocycles. The molecule has 2 fully saturated rings. The number of methoxy groups -OCH3 is 4. The topological polar surface area (TPSA) is 73.8 Å². The molecular weight excluding hydrogens is 403 g/mol. The Labute approximate surface area is 185 Å². The van der Waals surface area contributed by atoms with Gasteiger partial charge in [0.25, 0.3) is 0 Å². The molecule has 1 aromatic carbocycles. The van der Waals surface area contributed by atoms with E-state index >= 15 is 0 Å². The molecule has 2 aliphatic heterocycles. The fourth-order valence-electron chi connectivity index (χ4n) is 3.88. The first-order chi connectivity index (χ1) is 14.7.